The van der Waals surface area contributed by atoms with Crippen LogP contribution < -0.4 is 10.1 Å². The zero-order valence-corrected chi connectivity index (χ0v) is 15.6. The van der Waals surface area contributed by atoms with Crippen LogP contribution in [0, 0.1) is 19.3 Å². The van der Waals surface area contributed by atoms with Gasteiger partial charge in [-0.2, -0.15) is 0 Å². The average molecular weight is 353 g/mol. The van der Waals surface area contributed by atoms with Crippen molar-refractivity contribution in [2.45, 2.75) is 39.5 Å². The molecule has 2 heterocycles. The van der Waals surface area contributed by atoms with Crippen LogP contribution in [0.5, 0.6) is 5.75 Å². The Morgan fingerprint density at radius 2 is 2.00 bits per heavy atom. The van der Waals surface area contributed by atoms with Gasteiger partial charge in [0.2, 0.25) is 5.91 Å². The Kier molecular flexibility index (Phi) is 6.53. The van der Waals surface area contributed by atoms with Gasteiger partial charge in [-0.1, -0.05) is 17.7 Å². The number of nitrogens with one attached hydrogen (secondary N) is 1. The van der Waals surface area contributed by atoms with Crippen molar-refractivity contribution in [1.29, 1.82) is 0 Å². The lowest BCUT2D eigenvalue weighted by atomic mass is 9.78. The Labute approximate surface area is 151 Å². The molecule has 1 spiro atoms. The minimum Gasteiger partial charge on any atom is -0.493 e. The van der Waals surface area contributed by atoms with E-state index in [9.17, 15) is 4.79 Å². The van der Waals surface area contributed by atoms with E-state index in [0.29, 0.717) is 18.4 Å². The SMILES string of the molecule is Cc1ccc(OCCC(=O)N2CCC3(CCNC3)CC2)c(C)c1.Cl. The largest absolute Gasteiger partial charge is 0.493 e. The number of hydrogen-bond donors (Lipinski definition) is 1. The molecule has 24 heavy (non-hydrogen) atoms. The molecule has 2 aliphatic heterocycles. The van der Waals surface area contributed by atoms with Crippen LogP contribution in [0.1, 0.15) is 36.8 Å². The number of nitrogens with zero attached hydrogens (tertiary/aromatic N) is 1. The second kappa shape index (κ2) is 8.21. The highest BCUT2D eigenvalue weighted by Gasteiger charge is 2.37. The van der Waals surface area contributed by atoms with Crippen molar-refractivity contribution in [3.63, 3.8) is 0 Å². The Hall–Kier alpha value is -1.26. The zero-order chi connectivity index (χ0) is 16.3. The van der Waals surface area contributed by atoms with E-state index in [-0.39, 0.29) is 18.3 Å². The van der Waals surface area contributed by atoms with E-state index in [4.69, 9.17) is 4.74 Å². The van der Waals surface area contributed by atoms with E-state index in [1.54, 1.807) is 0 Å². The molecular formula is C19H29ClN2O2. The quantitative estimate of drug-likeness (QED) is 0.905. The zero-order valence-electron chi connectivity index (χ0n) is 14.8. The van der Waals surface area contributed by atoms with E-state index in [0.717, 1.165) is 50.3 Å². The fourth-order valence-electron chi connectivity index (χ4n) is 3.82. The maximum absolute atomic E-state index is 12.4. The Morgan fingerprint density at radius 3 is 2.62 bits per heavy atom. The summed E-state index contributed by atoms with van der Waals surface area (Å²) < 4.78 is 5.79. The second-order valence-electron chi connectivity index (χ2n) is 7.17. The number of carbonyl (C=O) groups is 1. The first-order chi connectivity index (χ1) is 11.1. The van der Waals surface area contributed by atoms with Crippen molar-refractivity contribution in [3.8, 4) is 5.75 Å². The van der Waals surface area contributed by atoms with Gasteiger partial charge in [0.1, 0.15) is 5.75 Å². The highest BCUT2D eigenvalue weighted by molar-refractivity contribution is 5.85. The Balaban J connectivity index is 0.00000208. The third kappa shape index (κ3) is 4.42. The highest BCUT2D eigenvalue weighted by Crippen LogP contribution is 2.36. The van der Waals surface area contributed by atoms with Crippen LogP contribution in [0.2, 0.25) is 0 Å². The van der Waals surface area contributed by atoms with E-state index < -0.39 is 0 Å². The molecule has 1 amide bonds. The summed E-state index contributed by atoms with van der Waals surface area (Å²) in [4.78, 5) is 14.4. The Bertz CT molecular complexity index is 560. The lowest BCUT2D eigenvalue weighted by Gasteiger charge is -2.38. The van der Waals surface area contributed by atoms with Crippen molar-refractivity contribution < 1.29 is 9.53 Å². The van der Waals surface area contributed by atoms with Gasteiger partial charge in [0, 0.05) is 19.6 Å². The van der Waals surface area contributed by atoms with Crippen LogP contribution in [0.15, 0.2) is 18.2 Å². The van der Waals surface area contributed by atoms with Crippen molar-refractivity contribution >= 4 is 18.3 Å². The minimum absolute atomic E-state index is 0. The van der Waals surface area contributed by atoms with Crippen LogP contribution in [-0.2, 0) is 4.79 Å². The monoisotopic (exact) mass is 352 g/mol. The molecule has 2 aliphatic rings. The molecule has 5 heteroatoms. The van der Waals surface area contributed by atoms with Gasteiger partial charge in [0.05, 0.1) is 13.0 Å². The standard InChI is InChI=1S/C19H28N2O2.ClH/c1-15-3-4-17(16(2)13-15)23-12-5-18(22)21-10-7-19(8-11-21)6-9-20-14-19;/h3-4,13,20H,5-12,14H2,1-2H3;1H. The molecule has 1 aromatic carbocycles. The second-order valence-corrected chi connectivity index (χ2v) is 7.17. The topological polar surface area (TPSA) is 41.6 Å². The van der Waals surface area contributed by atoms with Gasteiger partial charge < -0.3 is 15.0 Å². The first-order valence-corrected chi connectivity index (χ1v) is 8.77. The molecule has 2 saturated heterocycles. The average Bonchev–Trinajstić information content (AvgIpc) is 2.98. The lowest BCUT2D eigenvalue weighted by molar-refractivity contribution is -0.133. The molecule has 0 bridgehead atoms. The summed E-state index contributed by atoms with van der Waals surface area (Å²) in [5.41, 5.74) is 2.83. The third-order valence-electron chi connectivity index (χ3n) is 5.41. The molecule has 4 nitrogen and oxygen atoms in total. The van der Waals surface area contributed by atoms with Gasteiger partial charge in [0.15, 0.2) is 0 Å². The molecule has 1 N–H and O–H groups in total. The molecule has 134 valence electrons. The minimum atomic E-state index is 0. The first-order valence-electron chi connectivity index (χ1n) is 8.77. The number of ether oxygens (including phenoxy) is 1. The molecular weight excluding hydrogens is 324 g/mol. The number of likely N-dealkylation sites (tertiary alicyclic amines) is 1. The molecule has 0 aromatic heterocycles. The van der Waals surface area contributed by atoms with Gasteiger partial charge in [-0.25, -0.2) is 0 Å². The van der Waals surface area contributed by atoms with Gasteiger partial charge >= 0.3 is 0 Å². The molecule has 0 atom stereocenters. The van der Waals surface area contributed by atoms with Crippen LogP contribution in [-0.4, -0.2) is 43.6 Å². The number of rotatable bonds is 4. The van der Waals surface area contributed by atoms with Crippen LogP contribution in [0.4, 0.5) is 0 Å². The smallest absolute Gasteiger partial charge is 0.225 e. The van der Waals surface area contributed by atoms with Crippen molar-refractivity contribution in [3.05, 3.63) is 29.3 Å². The van der Waals surface area contributed by atoms with Crippen molar-refractivity contribution in [1.82, 2.24) is 10.2 Å². The molecule has 1 aromatic rings. The summed E-state index contributed by atoms with van der Waals surface area (Å²) in [5, 5.41) is 3.47. The molecule has 2 fully saturated rings. The summed E-state index contributed by atoms with van der Waals surface area (Å²) in [6.07, 6.45) is 4.02. The van der Waals surface area contributed by atoms with Gasteiger partial charge in [-0.3, -0.25) is 4.79 Å². The number of carbonyl (C=O) groups excluding carboxylic acids is 1. The fourth-order valence-corrected chi connectivity index (χ4v) is 3.82. The Morgan fingerprint density at radius 1 is 1.25 bits per heavy atom. The molecule has 0 radical (unpaired) electrons. The van der Waals surface area contributed by atoms with E-state index in [2.05, 4.69) is 18.3 Å². The van der Waals surface area contributed by atoms with E-state index in [1.807, 2.05) is 24.0 Å². The normalized spacial score (nSPS) is 19.2. The predicted molar refractivity (Wildman–Crippen MR) is 99.0 cm³/mol. The van der Waals surface area contributed by atoms with Crippen LogP contribution in [0.3, 0.4) is 0 Å². The third-order valence-corrected chi connectivity index (χ3v) is 5.41. The van der Waals surface area contributed by atoms with E-state index in [1.165, 1.54) is 12.0 Å². The summed E-state index contributed by atoms with van der Waals surface area (Å²) in [5.74, 6) is 1.12. The molecule has 0 aliphatic carbocycles. The number of amides is 1. The summed E-state index contributed by atoms with van der Waals surface area (Å²) in [7, 11) is 0. The first kappa shape index (κ1) is 19.1. The number of benzene rings is 1. The molecule has 0 saturated carbocycles. The van der Waals surface area contributed by atoms with E-state index >= 15 is 0 Å². The number of piperidine rings is 1. The summed E-state index contributed by atoms with van der Waals surface area (Å²) in [6, 6.07) is 6.15. The number of aryl methyl sites for hydroxylation is 2. The van der Waals surface area contributed by atoms with Crippen LogP contribution >= 0.6 is 12.4 Å². The summed E-state index contributed by atoms with van der Waals surface area (Å²) >= 11 is 0. The van der Waals surface area contributed by atoms with Crippen molar-refractivity contribution in [2.24, 2.45) is 5.41 Å². The summed E-state index contributed by atoms with van der Waals surface area (Å²) in [6.45, 7) is 8.66. The number of halogens is 1. The molecule has 0 unspecified atom stereocenters. The maximum atomic E-state index is 12.4. The van der Waals surface area contributed by atoms with Gasteiger partial charge in [-0.05, 0) is 56.7 Å². The molecule has 3 rings (SSSR count). The fraction of sp³-hybridized carbons (Fsp3) is 0.632. The lowest BCUT2D eigenvalue weighted by Crippen LogP contribution is -2.44. The predicted octanol–water partition coefficient (Wildman–Crippen LogP) is 3.10. The van der Waals surface area contributed by atoms with Gasteiger partial charge in [-0.15, -0.1) is 12.4 Å². The van der Waals surface area contributed by atoms with Gasteiger partial charge in [0.25, 0.3) is 0 Å². The van der Waals surface area contributed by atoms with Crippen LogP contribution in [0.25, 0.3) is 0 Å². The highest BCUT2D eigenvalue weighted by atomic mass is 35.5. The van der Waals surface area contributed by atoms with Crippen molar-refractivity contribution in [2.75, 3.05) is 32.8 Å². The maximum Gasteiger partial charge on any atom is 0.225 e. The number of hydrogen-bond acceptors (Lipinski definition) is 3.